The zero-order valence-electron chi connectivity index (χ0n) is 21.5. The lowest BCUT2D eigenvalue weighted by Gasteiger charge is -2.31. The number of benzene rings is 3. The second-order valence-corrected chi connectivity index (χ2v) is 9.90. The normalized spacial score (nSPS) is 14.7. The van der Waals surface area contributed by atoms with Gasteiger partial charge in [-0.25, -0.2) is 9.78 Å². The summed E-state index contributed by atoms with van der Waals surface area (Å²) < 4.78 is 45.3. The highest BCUT2D eigenvalue weighted by atomic mass is 35.5. The van der Waals surface area contributed by atoms with E-state index in [0.717, 1.165) is 56.1 Å². The van der Waals surface area contributed by atoms with Crippen molar-refractivity contribution in [1.29, 1.82) is 0 Å². The molecule has 3 aromatic carbocycles. The quantitative estimate of drug-likeness (QED) is 0.276. The maximum Gasteiger partial charge on any atom is 0.417 e. The Kier molecular flexibility index (Phi) is 8.06. The summed E-state index contributed by atoms with van der Waals surface area (Å²) in [6.45, 7) is 4.74. The van der Waals surface area contributed by atoms with Crippen molar-refractivity contribution in [3.63, 3.8) is 0 Å². The van der Waals surface area contributed by atoms with Gasteiger partial charge in [0.05, 0.1) is 33.5 Å². The van der Waals surface area contributed by atoms with E-state index in [1.807, 2.05) is 6.07 Å². The summed E-state index contributed by atoms with van der Waals surface area (Å²) in [5, 5.41) is 4.53. The second kappa shape index (κ2) is 11.7. The Morgan fingerprint density at radius 3 is 2.42 bits per heavy atom. The Balaban J connectivity index is 1.24. The van der Waals surface area contributed by atoms with Gasteiger partial charge in [-0.05, 0) is 49.5 Å². The number of nitrogens with one attached hydrogen (secondary N) is 2. The van der Waals surface area contributed by atoms with Crippen LogP contribution in [0.1, 0.15) is 11.3 Å². The molecule has 8 nitrogen and oxygen atoms in total. The van der Waals surface area contributed by atoms with E-state index in [1.54, 1.807) is 42.6 Å². The Labute approximate surface area is 233 Å². The Hall–Kier alpha value is -3.93. The van der Waals surface area contributed by atoms with E-state index in [1.165, 1.54) is 6.07 Å². The Morgan fingerprint density at radius 1 is 0.950 bits per heavy atom. The van der Waals surface area contributed by atoms with Crippen molar-refractivity contribution in [3.05, 3.63) is 83.1 Å². The smallest absolute Gasteiger partial charge is 0.417 e. The van der Waals surface area contributed by atoms with E-state index < -0.39 is 22.8 Å². The molecule has 1 saturated heterocycles. The second-order valence-electron chi connectivity index (χ2n) is 9.49. The molecule has 2 N–H and O–H groups in total. The number of alkyl halides is 3. The number of carbonyl (C=O) groups excluding carboxylic acids is 1. The van der Waals surface area contributed by atoms with Gasteiger partial charge in [-0.3, -0.25) is 9.88 Å². The fourth-order valence-electron chi connectivity index (χ4n) is 4.29. The third kappa shape index (κ3) is 6.98. The summed E-state index contributed by atoms with van der Waals surface area (Å²) in [6, 6.07) is 14.5. The number of urea groups is 1. The van der Waals surface area contributed by atoms with Crippen molar-refractivity contribution in [2.24, 2.45) is 0 Å². The fraction of sp³-hybridized carbons (Fsp3) is 0.250. The van der Waals surface area contributed by atoms with Crippen LogP contribution in [0.5, 0.6) is 11.5 Å². The molecule has 0 radical (unpaired) electrons. The predicted molar refractivity (Wildman–Crippen MR) is 148 cm³/mol. The number of piperazine rings is 1. The van der Waals surface area contributed by atoms with Gasteiger partial charge < -0.3 is 20.3 Å². The van der Waals surface area contributed by atoms with Crippen LogP contribution in [0.25, 0.3) is 11.0 Å². The average Bonchev–Trinajstić information content (AvgIpc) is 2.90. The van der Waals surface area contributed by atoms with Crippen LogP contribution in [0.2, 0.25) is 5.02 Å². The van der Waals surface area contributed by atoms with E-state index in [2.05, 4.69) is 32.5 Å². The molecule has 2 heterocycles. The van der Waals surface area contributed by atoms with Crippen molar-refractivity contribution in [1.82, 2.24) is 19.8 Å². The average molecular weight is 571 g/mol. The molecule has 1 aliphatic heterocycles. The van der Waals surface area contributed by atoms with Crippen molar-refractivity contribution in [3.8, 4) is 11.5 Å². The molecule has 0 spiro atoms. The standard InChI is InChI=1S/C28H26ClF3N6O2/c1-37-9-11-38(12-10-37)17-20-16-33-25-8-6-22(15-26(25)34-20)40-21-4-2-3-18(13-21)35-27(39)36-19-5-7-24(29)23(14-19)28(30,31)32/h2-8,13-16H,9-12,17H2,1H3,(H2,35,36,39). The van der Waals surface area contributed by atoms with Crippen LogP contribution >= 0.6 is 11.6 Å². The molecule has 1 fully saturated rings. The molecule has 40 heavy (non-hydrogen) atoms. The maximum absolute atomic E-state index is 13.1. The molecule has 208 valence electrons. The first-order valence-electron chi connectivity index (χ1n) is 12.5. The third-order valence-electron chi connectivity index (χ3n) is 6.40. The number of hydrogen-bond acceptors (Lipinski definition) is 6. The molecule has 0 saturated carbocycles. The molecular formula is C28H26ClF3N6O2. The SMILES string of the molecule is CN1CCN(Cc2cnc3ccc(Oc4cccc(NC(=O)Nc5ccc(Cl)c(C(F)(F)F)c5)c4)cc3n2)CC1. The predicted octanol–water partition coefficient (Wildman–Crippen LogP) is 6.49. The van der Waals surface area contributed by atoms with Gasteiger partial charge in [-0.15, -0.1) is 0 Å². The molecule has 0 aliphatic carbocycles. The van der Waals surface area contributed by atoms with Crippen molar-refractivity contribution < 1.29 is 22.7 Å². The molecule has 1 aromatic heterocycles. The molecule has 2 amide bonds. The van der Waals surface area contributed by atoms with Gasteiger partial charge in [0.25, 0.3) is 0 Å². The maximum atomic E-state index is 13.1. The van der Waals surface area contributed by atoms with E-state index >= 15 is 0 Å². The summed E-state index contributed by atoms with van der Waals surface area (Å²) in [4.78, 5) is 26.4. The number of amides is 2. The number of ether oxygens (including phenoxy) is 1. The number of aromatic nitrogens is 2. The minimum Gasteiger partial charge on any atom is -0.457 e. The number of anilines is 2. The van der Waals surface area contributed by atoms with Crippen LogP contribution in [0.15, 0.2) is 66.9 Å². The number of rotatable bonds is 6. The minimum absolute atomic E-state index is 0.0501. The van der Waals surface area contributed by atoms with Gasteiger partial charge in [0.1, 0.15) is 11.5 Å². The first kappa shape index (κ1) is 27.6. The monoisotopic (exact) mass is 570 g/mol. The van der Waals surface area contributed by atoms with Gasteiger partial charge in [-0.1, -0.05) is 17.7 Å². The van der Waals surface area contributed by atoms with Gasteiger partial charge >= 0.3 is 12.2 Å². The van der Waals surface area contributed by atoms with Crippen LogP contribution < -0.4 is 15.4 Å². The zero-order chi connectivity index (χ0) is 28.3. The lowest BCUT2D eigenvalue weighted by Crippen LogP contribution is -2.44. The van der Waals surface area contributed by atoms with Crippen molar-refractivity contribution >= 4 is 40.0 Å². The minimum atomic E-state index is -4.64. The van der Waals surface area contributed by atoms with E-state index in [9.17, 15) is 18.0 Å². The lowest BCUT2D eigenvalue weighted by atomic mass is 10.2. The summed E-state index contributed by atoms with van der Waals surface area (Å²) in [5.74, 6) is 0.991. The zero-order valence-corrected chi connectivity index (χ0v) is 22.3. The Bertz CT molecular complexity index is 1530. The lowest BCUT2D eigenvalue weighted by molar-refractivity contribution is -0.137. The number of halogens is 4. The highest BCUT2D eigenvalue weighted by molar-refractivity contribution is 6.31. The molecule has 1 aliphatic rings. The van der Waals surface area contributed by atoms with E-state index in [4.69, 9.17) is 21.3 Å². The third-order valence-corrected chi connectivity index (χ3v) is 6.73. The number of likely N-dealkylation sites (N-methyl/N-ethyl adjacent to an activating group) is 1. The number of hydrogen-bond donors (Lipinski definition) is 2. The highest BCUT2D eigenvalue weighted by Crippen LogP contribution is 2.36. The molecule has 5 rings (SSSR count). The molecule has 4 aromatic rings. The summed E-state index contributed by atoms with van der Waals surface area (Å²) in [7, 11) is 2.12. The number of nitrogens with zero attached hydrogens (tertiary/aromatic N) is 4. The Morgan fingerprint density at radius 2 is 1.68 bits per heavy atom. The highest BCUT2D eigenvalue weighted by Gasteiger charge is 2.33. The van der Waals surface area contributed by atoms with E-state index in [0.29, 0.717) is 22.7 Å². The van der Waals surface area contributed by atoms with Crippen LogP contribution in [-0.2, 0) is 12.7 Å². The van der Waals surface area contributed by atoms with Gasteiger partial charge in [0.2, 0.25) is 0 Å². The van der Waals surface area contributed by atoms with Gasteiger partial charge in [-0.2, -0.15) is 13.2 Å². The van der Waals surface area contributed by atoms with Crippen LogP contribution in [0.4, 0.5) is 29.3 Å². The fourth-order valence-corrected chi connectivity index (χ4v) is 4.52. The number of fused-ring (bicyclic) bond motifs is 1. The summed E-state index contributed by atoms with van der Waals surface area (Å²) >= 11 is 5.64. The molecule has 12 heteroatoms. The number of carbonyl (C=O) groups is 1. The van der Waals surface area contributed by atoms with Crippen LogP contribution in [0, 0.1) is 0 Å². The molecule has 0 unspecified atom stereocenters. The summed E-state index contributed by atoms with van der Waals surface area (Å²) in [6.07, 6.45) is -2.84. The first-order chi connectivity index (χ1) is 19.1. The van der Waals surface area contributed by atoms with Crippen molar-refractivity contribution in [2.75, 3.05) is 43.9 Å². The largest absolute Gasteiger partial charge is 0.457 e. The summed E-state index contributed by atoms with van der Waals surface area (Å²) in [5.41, 5.74) is 1.64. The topological polar surface area (TPSA) is 82.6 Å². The van der Waals surface area contributed by atoms with Gasteiger partial charge in [0, 0.05) is 56.2 Å². The van der Waals surface area contributed by atoms with Crippen LogP contribution in [-0.4, -0.2) is 59.0 Å². The van der Waals surface area contributed by atoms with E-state index in [-0.39, 0.29) is 5.69 Å². The molecular weight excluding hydrogens is 545 g/mol. The van der Waals surface area contributed by atoms with Crippen molar-refractivity contribution in [2.45, 2.75) is 12.7 Å². The molecule has 0 atom stereocenters. The molecule has 0 bridgehead atoms. The first-order valence-corrected chi connectivity index (χ1v) is 12.9. The van der Waals surface area contributed by atoms with Gasteiger partial charge in [0.15, 0.2) is 0 Å². The van der Waals surface area contributed by atoms with Crippen LogP contribution in [0.3, 0.4) is 0 Å².